The van der Waals surface area contributed by atoms with Gasteiger partial charge in [-0.25, -0.2) is 4.98 Å². The highest BCUT2D eigenvalue weighted by molar-refractivity contribution is 6.30. The highest BCUT2D eigenvalue weighted by Gasteiger charge is 2.23. The number of carbonyl (C=O) groups is 1. The number of amides is 1. The van der Waals surface area contributed by atoms with Crippen molar-refractivity contribution < 1.29 is 9.53 Å². The molecule has 0 radical (unpaired) electrons. The summed E-state index contributed by atoms with van der Waals surface area (Å²) in [6.07, 6.45) is 1.94. The summed E-state index contributed by atoms with van der Waals surface area (Å²) in [5.41, 5.74) is 0.780. The van der Waals surface area contributed by atoms with Crippen LogP contribution in [0.1, 0.15) is 13.3 Å². The van der Waals surface area contributed by atoms with E-state index in [4.69, 9.17) is 21.6 Å². The molecule has 0 atom stereocenters. The number of ether oxygens (including phenoxy) is 1. The molecule has 0 unspecified atom stereocenters. The molecule has 1 saturated heterocycles. The fraction of sp³-hybridized carbons (Fsp3) is 0.409. The normalized spacial score (nSPS) is 14.2. The zero-order valence-electron chi connectivity index (χ0n) is 17.1. The summed E-state index contributed by atoms with van der Waals surface area (Å²) in [7, 11) is 0. The van der Waals surface area contributed by atoms with Crippen LogP contribution in [0, 0.1) is 11.3 Å². The number of rotatable bonds is 8. The second-order valence-electron chi connectivity index (χ2n) is 6.98. The first-order valence-electron chi connectivity index (χ1n) is 10.1. The molecule has 1 fully saturated rings. The molecular weight excluding hydrogens is 402 g/mol. The van der Waals surface area contributed by atoms with Crippen LogP contribution in [0.2, 0.25) is 5.02 Å². The van der Waals surface area contributed by atoms with Crippen LogP contribution in [-0.4, -0.2) is 61.7 Å². The third-order valence-electron chi connectivity index (χ3n) is 4.97. The third kappa shape index (κ3) is 5.85. The van der Waals surface area contributed by atoms with Gasteiger partial charge in [0.25, 0.3) is 0 Å². The van der Waals surface area contributed by atoms with E-state index in [1.54, 1.807) is 11.1 Å². The van der Waals surface area contributed by atoms with E-state index in [2.05, 4.69) is 20.9 Å². The summed E-state index contributed by atoms with van der Waals surface area (Å²) in [6.45, 7) is 6.34. The number of halogens is 1. The number of pyridine rings is 1. The van der Waals surface area contributed by atoms with E-state index in [1.165, 1.54) is 0 Å². The lowest BCUT2D eigenvalue weighted by Crippen LogP contribution is -2.50. The predicted octanol–water partition coefficient (Wildman–Crippen LogP) is 3.20. The van der Waals surface area contributed by atoms with E-state index in [1.807, 2.05) is 43.3 Å². The molecule has 1 aliphatic rings. The molecule has 1 aromatic carbocycles. The molecule has 1 aliphatic heterocycles. The van der Waals surface area contributed by atoms with Crippen LogP contribution in [0.15, 0.2) is 42.6 Å². The summed E-state index contributed by atoms with van der Waals surface area (Å²) in [6, 6.07) is 13.3. The molecule has 1 aromatic heterocycles. The number of carbonyl (C=O) groups excluding carboxylic acids is 1. The average Bonchev–Trinajstić information content (AvgIpc) is 2.76. The fourth-order valence-electron chi connectivity index (χ4n) is 3.42. The lowest BCUT2D eigenvalue weighted by atomic mass is 10.2. The minimum atomic E-state index is -0.00696. The van der Waals surface area contributed by atoms with Gasteiger partial charge >= 0.3 is 0 Å². The molecule has 0 N–H and O–H groups in total. The summed E-state index contributed by atoms with van der Waals surface area (Å²) in [5, 5.41) is 9.62. The Balaban J connectivity index is 1.59. The van der Waals surface area contributed by atoms with Gasteiger partial charge in [-0.05, 0) is 43.3 Å². The zero-order valence-corrected chi connectivity index (χ0v) is 17.9. The Morgan fingerprint density at radius 3 is 2.53 bits per heavy atom. The maximum atomic E-state index is 13.0. The van der Waals surface area contributed by atoms with Crippen molar-refractivity contribution in [2.45, 2.75) is 13.3 Å². The molecule has 2 heterocycles. The molecule has 0 spiro atoms. The van der Waals surface area contributed by atoms with E-state index in [9.17, 15) is 4.79 Å². The van der Waals surface area contributed by atoms with Crippen LogP contribution in [0.4, 0.5) is 11.5 Å². The highest BCUT2D eigenvalue weighted by atomic mass is 35.5. The van der Waals surface area contributed by atoms with Gasteiger partial charge in [-0.15, -0.1) is 0 Å². The van der Waals surface area contributed by atoms with Gasteiger partial charge in [-0.2, -0.15) is 5.26 Å². The number of hydrogen-bond donors (Lipinski definition) is 0. The first kappa shape index (κ1) is 21.9. The Labute approximate surface area is 182 Å². The maximum absolute atomic E-state index is 13.0. The van der Waals surface area contributed by atoms with Gasteiger partial charge in [0, 0.05) is 44.6 Å². The monoisotopic (exact) mass is 427 g/mol. The van der Waals surface area contributed by atoms with Crippen molar-refractivity contribution in [2.24, 2.45) is 0 Å². The molecule has 3 rings (SSSR count). The van der Waals surface area contributed by atoms with Crippen molar-refractivity contribution >= 4 is 29.0 Å². The SMILES string of the molecule is CCOc1ccc(N(CCC#N)C(=O)CN2CCN(c3ccc(Cl)cn3)CC2)cc1. The molecule has 30 heavy (non-hydrogen) atoms. The number of anilines is 2. The number of benzene rings is 1. The van der Waals surface area contributed by atoms with E-state index < -0.39 is 0 Å². The second-order valence-corrected chi connectivity index (χ2v) is 7.41. The molecule has 8 heteroatoms. The molecule has 1 amide bonds. The topological polar surface area (TPSA) is 72.7 Å². The minimum Gasteiger partial charge on any atom is -0.494 e. The average molecular weight is 428 g/mol. The zero-order chi connectivity index (χ0) is 21.3. The van der Waals surface area contributed by atoms with Gasteiger partial charge in [-0.3, -0.25) is 9.69 Å². The van der Waals surface area contributed by atoms with Crippen molar-refractivity contribution in [2.75, 3.05) is 55.7 Å². The fourth-order valence-corrected chi connectivity index (χ4v) is 3.53. The van der Waals surface area contributed by atoms with Crippen LogP contribution >= 0.6 is 11.6 Å². The minimum absolute atomic E-state index is 0.00696. The van der Waals surface area contributed by atoms with Crippen molar-refractivity contribution in [3.63, 3.8) is 0 Å². The van der Waals surface area contributed by atoms with Gasteiger partial charge in [-0.1, -0.05) is 11.6 Å². The largest absolute Gasteiger partial charge is 0.494 e. The lowest BCUT2D eigenvalue weighted by Gasteiger charge is -2.36. The van der Waals surface area contributed by atoms with E-state index in [0.29, 0.717) is 24.7 Å². The number of hydrogen-bond acceptors (Lipinski definition) is 6. The lowest BCUT2D eigenvalue weighted by molar-refractivity contribution is -0.119. The Kier molecular flexibility index (Phi) is 7.89. The first-order valence-corrected chi connectivity index (χ1v) is 10.5. The first-order chi connectivity index (χ1) is 14.6. The second kappa shape index (κ2) is 10.8. The molecule has 0 aliphatic carbocycles. The number of piperazine rings is 1. The number of aromatic nitrogens is 1. The van der Waals surface area contributed by atoms with Crippen LogP contribution in [0.3, 0.4) is 0 Å². The quantitative estimate of drug-likeness (QED) is 0.644. The molecule has 7 nitrogen and oxygen atoms in total. The highest BCUT2D eigenvalue weighted by Crippen LogP contribution is 2.21. The summed E-state index contributed by atoms with van der Waals surface area (Å²) in [5.74, 6) is 1.66. The van der Waals surface area contributed by atoms with E-state index in [-0.39, 0.29) is 12.3 Å². The van der Waals surface area contributed by atoms with E-state index >= 15 is 0 Å². The Bertz CT molecular complexity index is 859. The molecule has 158 valence electrons. The standard InChI is InChI=1S/C22H26ClN5O2/c1-2-30-20-7-5-19(6-8-20)28(11-3-10-24)22(29)17-26-12-14-27(15-13-26)21-9-4-18(23)16-25-21/h4-9,16H,2-3,11-15,17H2,1H3. The Morgan fingerprint density at radius 1 is 1.20 bits per heavy atom. The summed E-state index contributed by atoms with van der Waals surface area (Å²) >= 11 is 5.91. The van der Waals surface area contributed by atoms with Crippen LogP contribution in [-0.2, 0) is 4.79 Å². The van der Waals surface area contributed by atoms with Crippen LogP contribution in [0.5, 0.6) is 5.75 Å². The van der Waals surface area contributed by atoms with Gasteiger partial charge in [0.05, 0.1) is 30.7 Å². The summed E-state index contributed by atoms with van der Waals surface area (Å²) in [4.78, 5) is 23.4. The van der Waals surface area contributed by atoms with Crippen LogP contribution in [0.25, 0.3) is 0 Å². The van der Waals surface area contributed by atoms with Crippen molar-refractivity contribution in [3.8, 4) is 11.8 Å². The smallest absolute Gasteiger partial charge is 0.241 e. The van der Waals surface area contributed by atoms with Gasteiger partial charge in [0.2, 0.25) is 5.91 Å². The molecule has 2 aromatic rings. The molecule has 0 saturated carbocycles. The number of nitrogens with zero attached hydrogens (tertiary/aromatic N) is 5. The third-order valence-corrected chi connectivity index (χ3v) is 5.20. The number of nitriles is 1. The van der Waals surface area contributed by atoms with E-state index in [0.717, 1.165) is 43.4 Å². The predicted molar refractivity (Wildman–Crippen MR) is 118 cm³/mol. The Morgan fingerprint density at radius 2 is 1.93 bits per heavy atom. The van der Waals surface area contributed by atoms with Gasteiger partial charge < -0.3 is 14.5 Å². The van der Waals surface area contributed by atoms with Crippen LogP contribution < -0.4 is 14.5 Å². The van der Waals surface area contributed by atoms with Crippen molar-refractivity contribution in [1.82, 2.24) is 9.88 Å². The maximum Gasteiger partial charge on any atom is 0.241 e. The summed E-state index contributed by atoms with van der Waals surface area (Å²) < 4.78 is 5.48. The van der Waals surface area contributed by atoms with Crippen molar-refractivity contribution in [3.05, 3.63) is 47.6 Å². The molecular formula is C22H26ClN5O2. The van der Waals surface area contributed by atoms with Gasteiger partial charge in [0.1, 0.15) is 11.6 Å². The van der Waals surface area contributed by atoms with Crippen molar-refractivity contribution in [1.29, 1.82) is 5.26 Å². The molecule has 0 bridgehead atoms. The Hall–Kier alpha value is -2.82. The van der Waals surface area contributed by atoms with Gasteiger partial charge in [0.15, 0.2) is 0 Å².